The van der Waals surface area contributed by atoms with Gasteiger partial charge in [0.1, 0.15) is 0 Å². The van der Waals surface area contributed by atoms with Gasteiger partial charge >= 0.3 is 17.7 Å². The van der Waals surface area contributed by atoms with Crippen molar-refractivity contribution < 1.29 is 35.8 Å². The first-order valence-electron chi connectivity index (χ1n) is 3.23. The van der Waals surface area contributed by atoms with Crippen LogP contribution in [0.25, 0.3) is 0 Å². The minimum atomic E-state index is -0.750. The molecule has 0 aliphatic rings. The monoisotopic (exact) mass is 237 g/mol. The van der Waals surface area contributed by atoms with Crippen LogP contribution in [0, 0.1) is 0 Å². The first-order chi connectivity index (χ1) is 4.83. The van der Waals surface area contributed by atoms with E-state index in [1.165, 1.54) is 27.8 Å². The average molecular weight is 238 g/mol. The van der Waals surface area contributed by atoms with Gasteiger partial charge in [0, 0.05) is 0 Å². The lowest BCUT2D eigenvalue weighted by Gasteiger charge is -2.21. The number of carbonyl (C=O) groups is 3. The molecular weight excluding hydrogens is 226 g/mol. The van der Waals surface area contributed by atoms with E-state index in [4.69, 9.17) is 0 Å². The molecule has 0 unspecified atom stereocenters. The molecule has 0 aliphatic heterocycles. The highest BCUT2D eigenvalue weighted by atomic mass is 79.9. The SMILES string of the molecule is CC(=O)[N+](C)(C(C)=O)C(C)=O.[Br-]. The largest absolute Gasteiger partial charge is 1.00 e. The second-order valence-corrected chi connectivity index (χ2v) is 2.56. The number of imide groups is 3. The van der Waals surface area contributed by atoms with Crippen molar-refractivity contribution in [2.75, 3.05) is 7.05 Å². The summed E-state index contributed by atoms with van der Waals surface area (Å²) in [4.78, 5) is 32.6. The highest BCUT2D eigenvalue weighted by Crippen LogP contribution is 2.04. The van der Waals surface area contributed by atoms with Crippen molar-refractivity contribution in [1.29, 1.82) is 0 Å². The first-order valence-corrected chi connectivity index (χ1v) is 3.23. The van der Waals surface area contributed by atoms with Gasteiger partial charge in [-0.05, 0) is 0 Å². The topological polar surface area (TPSA) is 51.2 Å². The molecule has 5 heteroatoms. The summed E-state index contributed by atoms with van der Waals surface area (Å²) in [6.07, 6.45) is 0. The zero-order valence-corrected chi connectivity index (χ0v) is 9.14. The number of rotatable bonds is 0. The van der Waals surface area contributed by atoms with Crippen molar-refractivity contribution in [1.82, 2.24) is 0 Å². The Morgan fingerprint density at radius 2 is 1.00 bits per heavy atom. The van der Waals surface area contributed by atoms with Gasteiger partial charge in [0.2, 0.25) is 0 Å². The zero-order chi connectivity index (χ0) is 9.23. The van der Waals surface area contributed by atoms with E-state index in [1.807, 2.05) is 0 Å². The van der Waals surface area contributed by atoms with Crippen LogP contribution in [0.3, 0.4) is 0 Å². The average Bonchev–Trinajstić information content (AvgIpc) is 1.84. The van der Waals surface area contributed by atoms with E-state index in [-0.39, 0.29) is 17.0 Å². The smallest absolute Gasteiger partial charge is 0.325 e. The molecule has 0 heterocycles. The highest BCUT2D eigenvalue weighted by molar-refractivity contribution is 5.95. The molecule has 70 valence electrons. The van der Waals surface area contributed by atoms with Gasteiger partial charge in [0.05, 0.1) is 27.8 Å². The predicted octanol–water partition coefficient (Wildman–Crippen LogP) is -2.92. The van der Waals surface area contributed by atoms with E-state index in [0.717, 1.165) is 0 Å². The third-order valence-electron chi connectivity index (χ3n) is 1.89. The Hall–Kier alpha value is -0.550. The molecule has 0 aromatic rings. The molecule has 0 aromatic carbocycles. The number of amides is 3. The lowest BCUT2D eigenvalue weighted by molar-refractivity contribution is -0.677. The van der Waals surface area contributed by atoms with E-state index in [9.17, 15) is 14.4 Å². The molecular formula is C7H12BrNO3. The maximum Gasteiger partial charge on any atom is 0.325 e. The molecule has 0 radical (unpaired) electrons. The summed E-state index contributed by atoms with van der Waals surface area (Å²) in [7, 11) is 1.30. The van der Waals surface area contributed by atoms with Crippen LogP contribution in [-0.4, -0.2) is 29.3 Å². The van der Waals surface area contributed by atoms with Crippen molar-refractivity contribution >= 4 is 17.7 Å². The van der Waals surface area contributed by atoms with E-state index < -0.39 is 22.2 Å². The molecule has 0 spiro atoms. The summed E-state index contributed by atoms with van der Waals surface area (Å²) in [6, 6.07) is 0. The van der Waals surface area contributed by atoms with Gasteiger partial charge in [0.25, 0.3) is 0 Å². The molecule has 0 saturated carbocycles. The zero-order valence-electron chi connectivity index (χ0n) is 7.55. The number of nitrogens with zero attached hydrogens (tertiary/aromatic N) is 1. The van der Waals surface area contributed by atoms with Gasteiger partial charge in [-0.3, -0.25) is 0 Å². The Kier molecular flexibility index (Phi) is 5.21. The number of carbonyl (C=O) groups excluding carboxylic acids is 3. The number of halogens is 1. The van der Waals surface area contributed by atoms with Gasteiger partial charge in [-0.15, -0.1) is 4.48 Å². The van der Waals surface area contributed by atoms with E-state index in [1.54, 1.807) is 0 Å². The molecule has 0 bridgehead atoms. The number of hydrogen-bond donors (Lipinski definition) is 0. The van der Waals surface area contributed by atoms with Crippen molar-refractivity contribution in [3.63, 3.8) is 0 Å². The number of quaternary nitrogens is 1. The van der Waals surface area contributed by atoms with Crippen LogP contribution in [0.1, 0.15) is 20.8 Å². The quantitative estimate of drug-likeness (QED) is 0.425. The van der Waals surface area contributed by atoms with Gasteiger partial charge in [-0.2, -0.15) is 0 Å². The molecule has 0 N–H and O–H groups in total. The van der Waals surface area contributed by atoms with Crippen molar-refractivity contribution in [3.05, 3.63) is 0 Å². The summed E-state index contributed by atoms with van der Waals surface area (Å²) in [6.45, 7) is 3.68. The van der Waals surface area contributed by atoms with E-state index >= 15 is 0 Å². The molecule has 0 aromatic heterocycles. The fourth-order valence-electron chi connectivity index (χ4n) is 0.665. The van der Waals surface area contributed by atoms with Crippen molar-refractivity contribution in [2.24, 2.45) is 0 Å². The van der Waals surface area contributed by atoms with Gasteiger partial charge < -0.3 is 17.0 Å². The maximum atomic E-state index is 10.9. The second-order valence-electron chi connectivity index (χ2n) is 2.56. The summed E-state index contributed by atoms with van der Waals surface area (Å²) in [5.74, 6) is -1.36. The van der Waals surface area contributed by atoms with Gasteiger partial charge in [0.15, 0.2) is 0 Å². The minimum absolute atomic E-state index is 0. The van der Waals surface area contributed by atoms with E-state index in [0.29, 0.717) is 0 Å². The van der Waals surface area contributed by atoms with Crippen LogP contribution in [0.5, 0.6) is 0 Å². The van der Waals surface area contributed by atoms with Gasteiger partial charge in [-0.25, -0.2) is 14.4 Å². The molecule has 0 saturated heterocycles. The third-order valence-corrected chi connectivity index (χ3v) is 1.89. The molecule has 0 rings (SSSR count). The Bertz CT molecular complexity index is 189. The van der Waals surface area contributed by atoms with Crippen LogP contribution in [0.4, 0.5) is 0 Å². The summed E-state index contributed by atoms with van der Waals surface area (Å²) >= 11 is 0. The van der Waals surface area contributed by atoms with Crippen LogP contribution >= 0.6 is 0 Å². The van der Waals surface area contributed by atoms with Crippen LogP contribution in [0.15, 0.2) is 0 Å². The molecule has 0 fully saturated rings. The fourth-order valence-corrected chi connectivity index (χ4v) is 0.665. The maximum absolute atomic E-state index is 10.9. The third kappa shape index (κ3) is 2.22. The Labute approximate surface area is 81.9 Å². The molecule has 0 atom stereocenters. The fraction of sp³-hybridized carbons (Fsp3) is 0.571. The van der Waals surface area contributed by atoms with Crippen LogP contribution in [0.2, 0.25) is 0 Å². The predicted molar refractivity (Wildman–Crippen MR) is 38.2 cm³/mol. The van der Waals surface area contributed by atoms with Crippen LogP contribution in [-0.2, 0) is 14.4 Å². The lowest BCUT2D eigenvalue weighted by Crippen LogP contribution is -3.00. The van der Waals surface area contributed by atoms with Crippen molar-refractivity contribution in [2.45, 2.75) is 20.8 Å². The summed E-state index contributed by atoms with van der Waals surface area (Å²) in [5, 5.41) is 0. The summed E-state index contributed by atoms with van der Waals surface area (Å²) in [5.41, 5.74) is 0. The number of hydrogen-bond acceptors (Lipinski definition) is 3. The standard InChI is InChI=1S/C7H12NO3.BrH/c1-5(9)8(4,6(2)10)7(3)11;/h1-4H3;1H/q+1;/p-1. The van der Waals surface area contributed by atoms with Crippen molar-refractivity contribution in [3.8, 4) is 0 Å². The minimum Gasteiger partial charge on any atom is -1.00 e. The van der Waals surface area contributed by atoms with E-state index in [2.05, 4.69) is 0 Å². The molecule has 0 aliphatic carbocycles. The normalized spacial score (nSPS) is 10.0. The molecule has 3 amide bonds. The summed E-state index contributed by atoms with van der Waals surface area (Å²) < 4.78 is -0.750. The Morgan fingerprint density at radius 1 is 0.833 bits per heavy atom. The second kappa shape index (κ2) is 4.47. The van der Waals surface area contributed by atoms with Gasteiger partial charge in [-0.1, -0.05) is 0 Å². The molecule has 12 heavy (non-hydrogen) atoms. The first kappa shape index (κ1) is 14.0. The van der Waals surface area contributed by atoms with Crippen LogP contribution < -0.4 is 17.0 Å². The Balaban J connectivity index is 0. The lowest BCUT2D eigenvalue weighted by atomic mass is 10.3. The molecule has 4 nitrogen and oxygen atoms in total. The highest BCUT2D eigenvalue weighted by Gasteiger charge is 2.39. The Morgan fingerprint density at radius 3 is 1.00 bits per heavy atom.